The highest BCUT2D eigenvalue weighted by atomic mass is 16.2. The highest BCUT2D eigenvalue weighted by Gasteiger charge is 2.24. The Kier molecular flexibility index (Phi) is 4.21. The van der Waals surface area contributed by atoms with Gasteiger partial charge in [-0.3, -0.25) is 9.59 Å². The maximum Gasteiger partial charge on any atom is 0.244 e. The lowest BCUT2D eigenvalue weighted by atomic mass is 10.2. The van der Waals surface area contributed by atoms with E-state index < -0.39 is 0 Å². The summed E-state index contributed by atoms with van der Waals surface area (Å²) in [4.78, 5) is 26.5. The molecule has 1 N–H and O–H groups in total. The Bertz CT molecular complexity index is 990. The fraction of sp³-hybridized carbons (Fsp3) is 0.238. The average molecular weight is 347 g/mol. The molecule has 2 aromatic carbocycles. The molecule has 0 spiro atoms. The van der Waals surface area contributed by atoms with Crippen LogP contribution in [0, 0.1) is 6.92 Å². The molecule has 0 atom stereocenters. The van der Waals surface area contributed by atoms with E-state index >= 15 is 0 Å². The summed E-state index contributed by atoms with van der Waals surface area (Å²) in [5.74, 6) is 0.00694. The number of carbonyl (C=O) groups excluding carboxylic acids is 2. The third-order valence-electron chi connectivity index (χ3n) is 4.86. The van der Waals surface area contributed by atoms with Crippen molar-refractivity contribution < 1.29 is 9.59 Å². The third-order valence-corrected chi connectivity index (χ3v) is 4.86. The number of aromatic nitrogens is 1. The van der Waals surface area contributed by atoms with Crippen LogP contribution in [0.1, 0.15) is 18.5 Å². The topological polar surface area (TPSA) is 54.3 Å². The predicted molar refractivity (Wildman–Crippen MR) is 103 cm³/mol. The summed E-state index contributed by atoms with van der Waals surface area (Å²) in [5.41, 5.74) is 3.55. The Balaban J connectivity index is 1.57. The summed E-state index contributed by atoms with van der Waals surface area (Å²) < 4.78 is 2.01. The molecule has 0 saturated carbocycles. The Morgan fingerprint density at radius 3 is 2.69 bits per heavy atom. The van der Waals surface area contributed by atoms with Crippen molar-refractivity contribution in [2.75, 3.05) is 16.8 Å². The smallest absolute Gasteiger partial charge is 0.244 e. The molecule has 26 heavy (non-hydrogen) atoms. The van der Waals surface area contributed by atoms with Gasteiger partial charge in [0.1, 0.15) is 6.54 Å². The Hall–Kier alpha value is -3.08. The van der Waals surface area contributed by atoms with Crippen LogP contribution in [0.25, 0.3) is 10.9 Å². The minimum atomic E-state index is -0.103. The van der Waals surface area contributed by atoms with Gasteiger partial charge in [0.05, 0.1) is 11.4 Å². The van der Waals surface area contributed by atoms with Crippen molar-refractivity contribution in [3.8, 4) is 0 Å². The molecule has 0 aliphatic carbocycles. The van der Waals surface area contributed by atoms with Crippen LogP contribution in [-0.4, -0.2) is 22.9 Å². The summed E-state index contributed by atoms with van der Waals surface area (Å²) >= 11 is 0. The molecule has 0 bridgehead atoms. The molecule has 0 radical (unpaired) electrons. The second-order valence-corrected chi connectivity index (χ2v) is 6.64. The third kappa shape index (κ3) is 2.96. The van der Waals surface area contributed by atoms with Gasteiger partial charge in [-0.25, -0.2) is 0 Å². The minimum Gasteiger partial charge on any atom is -0.335 e. The first kappa shape index (κ1) is 16.4. The zero-order valence-electron chi connectivity index (χ0n) is 14.7. The van der Waals surface area contributed by atoms with E-state index in [-0.39, 0.29) is 18.4 Å². The Labute approximate surface area is 152 Å². The molecule has 1 aromatic heterocycles. The van der Waals surface area contributed by atoms with Gasteiger partial charge >= 0.3 is 0 Å². The average Bonchev–Trinajstić information content (AvgIpc) is 3.19. The van der Waals surface area contributed by atoms with Gasteiger partial charge in [0, 0.05) is 24.2 Å². The lowest BCUT2D eigenvalue weighted by molar-refractivity contribution is -0.117. The van der Waals surface area contributed by atoms with Gasteiger partial charge in [-0.15, -0.1) is 0 Å². The van der Waals surface area contributed by atoms with Crippen LogP contribution in [-0.2, 0) is 16.1 Å². The first-order valence-electron chi connectivity index (χ1n) is 8.87. The number of nitrogens with zero attached hydrogens (tertiary/aromatic N) is 2. The number of benzene rings is 2. The molecule has 1 aliphatic heterocycles. The molecule has 1 fully saturated rings. The van der Waals surface area contributed by atoms with Gasteiger partial charge in [-0.1, -0.05) is 30.3 Å². The zero-order valence-corrected chi connectivity index (χ0v) is 14.7. The number of carbonyl (C=O) groups is 2. The van der Waals surface area contributed by atoms with Crippen LogP contribution in [0.3, 0.4) is 0 Å². The lowest BCUT2D eigenvalue weighted by Crippen LogP contribution is -2.26. The molecule has 1 saturated heterocycles. The van der Waals surface area contributed by atoms with E-state index in [0.29, 0.717) is 18.7 Å². The van der Waals surface area contributed by atoms with E-state index in [1.165, 1.54) is 0 Å². The molecule has 4 rings (SSSR count). The molecule has 0 unspecified atom stereocenters. The van der Waals surface area contributed by atoms with Crippen LogP contribution >= 0.6 is 0 Å². The number of rotatable bonds is 4. The zero-order chi connectivity index (χ0) is 18.1. The molecule has 2 heterocycles. The summed E-state index contributed by atoms with van der Waals surface area (Å²) in [5, 5.41) is 4.11. The van der Waals surface area contributed by atoms with E-state index in [0.717, 1.165) is 28.7 Å². The second kappa shape index (κ2) is 6.67. The van der Waals surface area contributed by atoms with Gasteiger partial charge in [0.2, 0.25) is 11.8 Å². The first-order chi connectivity index (χ1) is 12.6. The lowest BCUT2D eigenvalue weighted by Gasteiger charge is -2.20. The fourth-order valence-electron chi connectivity index (χ4n) is 3.61. The fourth-order valence-corrected chi connectivity index (χ4v) is 3.61. The molecule has 5 nitrogen and oxygen atoms in total. The van der Waals surface area contributed by atoms with Crippen molar-refractivity contribution in [1.29, 1.82) is 0 Å². The largest absolute Gasteiger partial charge is 0.335 e. The SMILES string of the molecule is Cc1cc2ccccc2n1CC(=O)Nc1ccccc1N1CCCC1=O. The number of fused-ring (bicyclic) bond motifs is 1. The molecule has 2 amide bonds. The highest BCUT2D eigenvalue weighted by Crippen LogP contribution is 2.29. The number of nitrogens with one attached hydrogen (secondary N) is 1. The number of hydrogen-bond donors (Lipinski definition) is 1. The van der Waals surface area contributed by atoms with E-state index in [1.54, 1.807) is 4.90 Å². The van der Waals surface area contributed by atoms with Crippen molar-refractivity contribution in [2.24, 2.45) is 0 Å². The van der Waals surface area contributed by atoms with Crippen molar-refractivity contribution >= 4 is 34.1 Å². The number of para-hydroxylation sites is 3. The quantitative estimate of drug-likeness (QED) is 0.782. The monoisotopic (exact) mass is 347 g/mol. The van der Waals surface area contributed by atoms with Crippen molar-refractivity contribution in [2.45, 2.75) is 26.3 Å². The maximum absolute atomic E-state index is 12.7. The highest BCUT2D eigenvalue weighted by molar-refractivity contribution is 6.02. The summed E-state index contributed by atoms with van der Waals surface area (Å²) in [6, 6.07) is 17.6. The maximum atomic E-state index is 12.7. The number of aryl methyl sites for hydroxylation is 1. The molecular formula is C21H21N3O2. The van der Waals surface area contributed by atoms with Gasteiger partial charge < -0.3 is 14.8 Å². The van der Waals surface area contributed by atoms with Crippen molar-refractivity contribution in [3.05, 3.63) is 60.3 Å². The summed E-state index contributed by atoms with van der Waals surface area (Å²) in [6.45, 7) is 2.94. The van der Waals surface area contributed by atoms with E-state index in [2.05, 4.69) is 11.4 Å². The standard InChI is InChI=1S/C21H21N3O2/c1-15-13-16-7-2-4-9-18(16)24(15)14-20(25)22-17-8-3-5-10-19(17)23-12-6-11-21(23)26/h2-5,7-10,13H,6,11-12,14H2,1H3,(H,22,25). The second-order valence-electron chi connectivity index (χ2n) is 6.64. The van der Waals surface area contributed by atoms with E-state index in [9.17, 15) is 9.59 Å². The van der Waals surface area contributed by atoms with Crippen molar-refractivity contribution in [1.82, 2.24) is 4.57 Å². The van der Waals surface area contributed by atoms with Gasteiger partial charge in [0.15, 0.2) is 0 Å². The normalized spacial score (nSPS) is 14.2. The van der Waals surface area contributed by atoms with Gasteiger partial charge in [-0.2, -0.15) is 0 Å². The number of amides is 2. The molecule has 1 aliphatic rings. The van der Waals surface area contributed by atoms with Crippen LogP contribution in [0.15, 0.2) is 54.6 Å². The van der Waals surface area contributed by atoms with E-state index in [1.807, 2.05) is 60.0 Å². The van der Waals surface area contributed by atoms with Crippen LogP contribution in [0.5, 0.6) is 0 Å². The van der Waals surface area contributed by atoms with Crippen molar-refractivity contribution in [3.63, 3.8) is 0 Å². The summed E-state index contributed by atoms with van der Waals surface area (Å²) in [6.07, 6.45) is 1.42. The minimum absolute atomic E-state index is 0.103. The van der Waals surface area contributed by atoms with Gasteiger partial charge in [-0.05, 0) is 43.0 Å². The Morgan fingerprint density at radius 2 is 1.88 bits per heavy atom. The predicted octanol–water partition coefficient (Wildman–Crippen LogP) is 3.72. The van der Waals surface area contributed by atoms with Crippen LogP contribution in [0.2, 0.25) is 0 Å². The number of anilines is 2. The van der Waals surface area contributed by atoms with Gasteiger partial charge in [0.25, 0.3) is 0 Å². The molecule has 3 aromatic rings. The molecular weight excluding hydrogens is 326 g/mol. The molecule has 5 heteroatoms. The Morgan fingerprint density at radius 1 is 1.12 bits per heavy atom. The number of hydrogen-bond acceptors (Lipinski definition) is 2. The first-order valence-corrected chi connectivity index (χ1v) is 8.87. The van der Waals surface area contributed by atoms with Crippen LogP contribution in [0.4, 0.5) is 11.4 Å². The molecule has 132 valence electrons. The summed E-state index contributed by atoms with van der Waals surface area (Å²) in [7, 11) is 0. The van der Waals surface area contributed by atoms with E-state index in [4.69, 9.17) is 0 Å². The van der Waals surface area contributed by atoms with Crippen LogP contribution < -0.4 is 10.2 Å².